The summed E-state index contributed by atoms with van der Waals surface area (Å²) in [5, 5.41) is 0. The van der Waals surface area contributed by atoms with Gasteiger partial charge in [0.1, 0.15) is 6.71 Å². The number of alkyl halides is 2. The Morgan fingerprint density at radius 3 is 1.58 bits per heavy atom. The molecule has 0 fully saturated rings. The first-order chi connectivity index (χ1) is 5.60. The van der Waals surface area contributed by atoms with Gasteiger partial charge >= 0.3 is 0 Å². The van der Waals surface area contributed by atoms with Crippen LogP contribution in [0.2, 0.25) is 19.5 Å². The minimum Gasteiger partial charge on any atom is -0.126 e. The van der Waals surface area contributed by atoms with E-state index in [1.54, 1.807) is 0 Å². The van der Waals surface area contributed by atoms with Gasteiger partial charge < -0.3 is 0 Å². The monoisotopic (exact) mass is 208 g/mol. The van der Waals surface area contributed by atoms with Crippen molar-refractivity contribution in [3.63, 3.8) is 0 Å². The molecular formula is C9H19BCl2. The quantitative estimate of drug-likeness (QED) is 0.460. The summed E-state index contributed by atoms with van der Waals surface area (Å²) in [4.78, 5) is 0. The van der Waals surface area contributed by atoms with Crippen LogP contribution in [0.25, 0.3) is 0 Å². The molecule has 2 unspecified atom stereocenters. The molecule has 0 saturated heterocycles. The molecule has 0 aliphatic carbocycles. The van der Waals surface area contributed by atoms with E-state index in [4.69, 9.17) is 23.2 Å². The minimum absolute atomic E-state index is 0.643. The molecule has 72 valence electrons. The summed E-state index contributed by atoms with van der Waals surface area (Å²) >= 11 is 11.5. The van der Waals surface area contributed by atoms with Crippen molar-refractivity contribution in [1.82, 2.24) is 0 Å². The highest BCUT2D eigenvalue weighted by Gasteiger charge is 2.14. The average Bonchev–Trinajstić information content (AvgIpc) is 2.03. The van der Waals surface area contributed by atoms with Crippen molar-refractivity contribution in [2.75, 3.05) is 11.8 Å². The zero-order chi connectivity index (χ0) is 9.56. The predicted molar refractivity (Wildman–Crippen MR) is 61.0 cm³/mol. The van der Waals surface area contributed by atoms with Crippen LogP contribution in [0.3, 0.4) is 0 Å². The van der Waals surface area contributed by atoms with E-state index in [2.05, 4.69) is 20.7 Å². The maximum Gasteiger partial charge on any atom is 0.137 e. The highest BCUT2D eigenvalue weighted by atomic mass is 35.5. The number of halogens is 2. The van der Waals surface area contributed by atoms with Crippen LogP contribution in [0, 0.1) is 11.8 Å². The molecular weight excluding hydrogens is 190 g/mol. The van der Waals surface area contributed by atoms with Crippen LogP contribution in [0.5, 0.6) is 0 Å². The second kappa shape index (κ2) is 7.09. The summed E-state index contributed by atoms with van der Waals surface area (Å²) in [5.74, 6) is 2.84. The molecule has 0 radical (unpaired) electrons. The zero-order valence-electron chi connectivity index (χ0n) is 8.32. The smallest absolute Gasteiger partial charge is 0.126 e. The second-order valence-electron chi connectivity index (χ2n) is 4.10. The Kier molecular flexibility index (Phi) is 7.47. The fourth-order valence-corrected chi connectivity index (χ4v) is 1.85. The summed E-state index contributed by atoms with van der Waals surface area (Å²) < 4.78 is 0. The molecule has 0 amide bonds. The number of rotatable bonds is 6. The van der Waals surface area contributed by atoms with Crippen molar-refractivity contribution in [3.8, 4) is 0 Å². The van der Waals surface area contributed by atoms with Gasteiger partial charge in [-0.1, -0.05) is 33.3 Å². The molecule has 0 nitrogen and oxygen atoms in total. The Bertz CT molecular complexity index is 96.7. The van der Waals surface area contributed by atoms with Gasteiger partial charge in [0.15, 0.2) is 0 Å². The Morgan fingerprint density at radius 2 is 1.33 bits per heavy atom. The summed E-state index contributed by atoms with van der Waals surface area (Å²) in [6.45, 7) is 7.45. The van der Waals surface area contributed by atoms with Gasteiger partial charge in [0.25, 0.3) is 0 Å². The topological polar surface area (TPSA) is 0 Å². The highest BCUT2D eigenvalue weighted by Crippen LogP contribution is 2.16. The predicted octanol–water partition coefficient (Wildman–Crippen LogP) is 3.86. The van der Waals surface area contributed by atoms with E-state index in [1.807, 2.05) is 0 Å². The molecule has 0 heterocycles. The Hall–Kier alpha value is 0.645. The summed E-state index contributed by atoms with van der Waals surface area (Å²) in [6, 6.07) is 0. The van der Waals surface area contributed by atoms with Gasteiger partial charge in [-0.05, 0) is 11.8 Å². The number of hydrogen-bond acceptors (Lipinski definition) is 0. The average molecular weight is 209 g/mol. The molecule has 0 aromatic carbocycles. The third kappa shape index (κ3) is 6.19. The molecule has 0 spiro atoms. The van der Waals surface area contributed by atoms with Crippen LogP contribution >= 0.6 is 23.2 Å². The van der Waals surface area contributed by atoms with Crippen LogP contribution in [-0.4, -0.2) is 18.5 Å². The van der Waals surface area contributed by atoms with E-state index >= 15 is 0 Å². The highest BCUT2D eigenvalue weighted by molar-refractivity contribution is 6.57. The molecule has 0 saturated carbocycles. The molecule has 2 atom stereocenters. The Balaban J connectivity index is 3.51. The van der Waals surface area contributed by atoms with Crippen LogP contribution in [0.15, 0.2) is 0 Å². The Labute approximate surface area is 87.1 Å². The lowest BCUT2D eigenvalue weighted by Gasteiger charge is -2.15. The van der Waals surface area contributed by atoms with Crippen molar-refractivity contribution in [2.45, 2.75) is 33.3 Å². The van der Waals surface area contributed by atoms with Crippen molar-refractivity contribution >= 4 is 29.9 Å². The second-order valence-corrected chi connectivity index (χ2v) is 4.71. The summed E-state index contributed by atoms with van der Waals surface area (Å²) in [7, 11) is 0. The third-order valence-electron chi connectivity index (χ3n) is 2.14. The van der Waals surface area contributed by atoms with Crippen molar-refractivity contribution in [3.05, 3.63) is 0 Å². The van der Waals surface area contributed by atoms with E-state index in [0.29, 0.717) is 11.8 Å². The molecule has 0 bridgehead atoms. The first-order valence-electron chi connectivity index (χ1n) is 4.72. The normalized spacial score (nSPS) is 15.8. The molecule has 0 aromatic rings. The van der Waals surface area contributed by atoms with Crippen molar-refractivity contribution in [2.24, 2.45) is 11.8 Å². The van der Waals surface area contributed by atoms with E-state index in [1.165, 1.54) is 12.6 Å². The van der Waals surface area contributed by atoms with Crippen LogP contribution < -0.4 is 0 Å². The third-order valence-corrected chi connectivity index (χ3v) is 3.19. The molecule has 0 rings (SSSR count). The minimum atomic E-state index is 0.643. The lowest BCUT2D eigenvalue weighted by molar-refractivity contribution is 0.700. The van der Waals surface area contributed by atoms with E-state index in [9.17, 15) is 0 Å². The van der Waals surface area contributed by atoms with E-state index < -0.39 is 0 Å². The van der Waals surface area contributed by atoms with Crippen molar-refractivity contribution in [1.29, 1.82) is 0 Å². The van der Waals surface area contributed by atoms with Gasteiger partial charge in [-0.15, -0.1) is 23.2 Å². The zero-order valence-corrected chi connectivity index (χ0v) is 9.83. The maximum atomic E-state index is 5.74. The lowest BCUT2D eigenvalue weighted by Crippen LogP contribution is -2.16. The fourth-order valence-electron chi connectivity index (χ4n) is 1.60. The first-order valence-corrected chi connectivity index (χ1v) is 5.79. The van der Waals surface area contributed by atoms with Gasteiger partial charge in [0.05, 0.1) is 0 Å². The standard InChI is InChI=1S/C9H19BCl2/c1-8(6-11)4-10(3)5-9(2)7-12/h8-9H,4-7H2,1-3H3. The summed E-state index contributed by atoms with van der Waals surface area (Å²) in [5.41, 5.74) is 0. The van der Waals surface area contributed by atoms with Crippen LogP contribution in [0.4, 0.5) is 0 Å². The van der Waals surface area contributed by atoms with Crippen LogP contribution in [0.1, 0.15) is 13.8 Å². The molecule has 0 aliphatic heterocycles. The fraction of sp³-hybridized carbons (Fsp3) is 1.00. The maximum absolute atomic E-state index is 5.74. The van der Waals surface area contributed by atoms with Gasteiger partial charge in [0.2, 0.25) is 0 Å². The van der Waals surface area contributed by atoms with E-state index in [-0.39, 0.29) is 0 Å². The van der Waals surface area contributed by atoms with Gasteiger partial charge in [-0.3, -0.25) is 0 Å². The van der Waals surface area contributed by atoms with Crippen LogP contribution in [-0.2, 0) is 0 Å². The SMILES string of the molecule is CB(CC(C)CCl)CC(C)CCl. The summed E-state index contributed by atoms with van der Waals surface area (Å²) in [6.07, 6.45) is 2.45. The largest absolute Gasteiger partial charge is 0.137 e. The first kappa shape index (κ1) is 12.6. The molecule has 0 aliphatic rings. The molecule has 3 heteroatoms. The van der Waals surface area contributed by atoms with Gasteiger partial charge in [-0.25, -0.2) is 0 Å². The van der Waals surface area contributed by atoms with Gasteiger partial charge in [0, 0.05) is 11.8 Å². The molecule has 0 aromatic heterocycles. The molecule has 0 N–H and O–H groups in total. The lowest BCUT2D eigenvalue weighted by atomic mass is 9.43. The number of hydrogen-bond donors (Lipinski definition) is 0. The Morgan fingerprint density at radius 1 is 1.00 bits per heavy atom. The van der Waals surface area contributed by atoms with Gasteiger partial charge in [-0.2, -0.15) is 0 Å². The van der Waals surface area contributed by atoms with Crippen molar-refractivity contribution < 1.29 is 0 Å². The van der Waals surface area contributed by atoms with E-state index in [0.717, 1.165) is 18.5 Å². The molecule has 12 heavy (non-hydrogen) atoms.